The van der Waals surface area contributed by atoms with Crippen LogP contribution in [0.15, 0.2) is 29.3 Å². The number of phenolic OH excluding ortho intramolecular Hbond substituents is 1. The third-order valence-electron chi connectivity index (χ3n) is 2.68. The molecule has 0 fully saturated rings. The van der Waals surface area contributed by atoms with Gasteiger partial charge in [-0.3, -0.25) is 14.9 Å². The van der Waals surface area contributed by atoms with Crippen molar-refractivity contribution in [3.05, 3.63) is 39.5 Å². The van der Waals surface area contributed by atoms with Crippen LogP contribution >= 0.6 is 0 Å². The van der Waals surface area contributed by atoms with E-state index >= 15 is 0 Å². The van der Waals surface area contributed by atoms with E-state index in [1.54, 1.807) is 0 Å². The number of carboxylic acids is 1. The average Bonchev–Trinajstić information content (AvgIpc) is 2.38. The highest BCUT2D eigenvalue weighted by molar-refractivity contribution is 6.09. The van der Waals surface area contributed by atoms with Gasteiger partial charge in [-0.2, -0.15) is 0 Å². The average molecular weight is 280 g/mol. The van der Waals surface area contributed by atoms with Crippen LogP contribution in [0.5, 0.6) is 5.75 Å². The quantitative estimate of drug-likeness (QED) is 0.333. The molecule has 0 heterocycles. The number of aromatic hydroxyl groups is 1. The van der Waals surface area contributed by atoms with Gasteiger partial charge in [0.1, 0.15) is 5.75 Å². The van der Waals surface area contributed by atoms with Crippen molar-refractivity contribution in [3.63, 3.8) is 0 Å². The monoisotopic (exact) mass is 280 g/mol. The third kappa shape index (κ3) is 3.10. The van der Waals surface area contributed by atoms with Crippen molar-refractivity contribution >= 4 is 23.3 Å². The molecule has 0 aliphatic heterocycles. The molecule has 0 aliphatic rings. The number of nitro groups is 1. The van der Waals surface area contributed by atoms with Crippen molar-refractivity contribution in [2.75, 3.05) is 5.32 Å². The maximum atomic E-state index is 11.8. The van der Waals surface area contributed by atoms with Gasteiger partial charge in [-0.1, -0.05) is 6.07 Å². The lowest BCUT2D eigenvalue weighted by molar-refractivity contribution is -0.384. The number of carbonyl (C=O) groups excluding carboxylic acids is 1. The van der Waals surface area contributed by atoms with Crippen LogP contribution in [0.1, 0.15) is 13.8 Å². The van der Waals surface area contributed by atoms with Gasteiger partial charge in [0.25, 0.3) is 11.6 Å². The molecular formula is C12H12N2O6. The lowest BCUT2D eigenvalue weighted by Gasteiger charge is -2.09. The molecule has 0 saturated heterocycles. The summed E-state index contributed by atoms with van der Waals surface area (Å²) in [5.41, 5.74) is -1.17. The predicted octanol–water partition coefficient (Wildman–Crippen LogP) is 1.66. The molecule has 0 atom stereocenters. The van der Waals surface area contributed by atoms with Gasteiger partial charge in [-0.15, -0.1) is 0 Å². The molecule has 20 heavy (non-hydrogen) atoms. The van der Waals surface area contributed by atoms with E-state index < -0.39 is 28.2 Å². The highest BCUT2D eigenvalue weighted by Crippen LogP contribution is 2.33. The minimum Gasteiger partial charge on any atom is -0.505 e. The van der Waals surface area contributed by atoms with Crippen LogP contribution in [0, 0.1) is 10.1 Å². The number of carbonyl (C=O) groups is 2. The van der Waals surface area contributed by atoms with E-state index in [1.807, 2.05) is 0 Å². The first-order valence-corrected chi connectivity index (χ1v) is 5.44. The number of para-hydroxylation sites is 1. The Labute approximate surface area is 113 Å². The van der Waals surface area contributed by atoms with Gasteiger partial charge in [0.15, 0.2) is 5.69 Å². The summed E-state index contributed by atoms with van der Waals surface area (Å²) in [4.78, 5) is 32.6. The Balaban J connectivity index is 3.18. The lowest BCUT2D eigenvalue weighted by Crippen LogP contribution is -2.17. The van der Waals surface area contributed by atoms with E-state index in [4.69, 9.17) is 5.11 Å². The number of carboxylic acid groups (broad SMARTS) is 1. The van der Waals surface area contributed by atoms with Crippen molar-refractivity contribution in [3.8, 4) is 5.75 Å². The summed E-state index contributed by atoms with van der Waals surface area (Å²) in [7, 11) is 0. The van der Waals surface area contributed by atoms with Crippen LogP contribution in [-0.4, -0.2) is 27.0 Å². The summed E-state index contributed by atoms with van der Waals surface area (Å²) in [6.07, 6.45) is 0. The molecule has 0 aromatic heterocycles. The fourth-order valence-corrected chi connectivity index (χ4v) is 1.35. The Morgan fingerprint density at radius 2 is 1.85 bits per heavy atom. The standard InChI is InChI=1S/C12H12N2O6/c1-6(7(2)12(17)18)11(16)13-10-8(14(19)20)4-3-5-9(10)15/h3-5,15H,1-2H3,(H,13,16)(H,17,18)/b7-6+. The Morgan fingerprint density at radius 3 is 2.35 bits per heavy atom. The Hall–Kier alpha value is -2.90. The van der Waals surface area contributed by atoms with Crippen molar-refractivity contribution < 1.29 is 24.7 Å². The number of nitrogens with one attached hydrogen (secondary N) is 1. The highest BCUT2D eigenvalue weighted by Gasteiger charge is 2.21. The van der Waals surface area contributed by atoms with E-state index in [0.717, 1.165) is 6.07 Å². The Bertz CT molecular complexity index is 620. The molecule has 1 rings (SSSR count). The van der Waals surface area contributed by atoms with Crippen LogP contribution in [0.4, 0.5) is 11.4 Å². The van der Waals surface area contributed by atoms with Crippen LogP contribution in [0.25, 0.3) is 0 Å². The maximum absolute atomic E-state index is 11.8. The smallest absolute Gasteiger partial charge is 0.331 e. The first-order chi connectivity index (χ1) is 9.25. The normalized spacial score (nSPS) is 11.5. The third-order valence-corrected chi connectivity index (χ3v) is 2.68. The number of benzene rings is 1. The lowest BCUT2D eigenvalue weighted by atomic mass is 10.1. The zero-order valence-corrected chi connectivity index (χ0v) is 10.7. The minimum absolute atomic E-state index is 0.116. The molecule has 106 valence electrons. The molecule has 0 spiro atoms. The second kappa shape index (κ2) is 5.83. The summed E-state index contributed by atoms with van der Waals surface area (Å²) in [6.45, 7) is 2.50. The van der Waals surface area contributed by atoms with Gasteiger partial charge in [-0.05, 0) is 19.9 Å². The zero-order valence-electron chi connectivity index (χ0n) is 10.7. The van der Waals surface area contributed by atoms with Crippen LogP contribution in [-0.2, 0) is 9.59 Å². The van der Waals surface area contributed by atoms with Crippen molar-refractivity contribution in [1.29, 1.82) is 0 Å². The van der Waals surface area contributed by atoms with Gasteiger partial charge in [0.2, 0.25) is 0 Å². The van der Waals surface area contributed by atoms with E-state index in [9.17, 15) is 24.8 Å². The number of phenols is 1. The zero-order chi connectivity index (χ0) is 15.4. The Morgan fingerprint density at radius 1 is 1.25 bits per heavy atom. The first-order valence-electron chi connectivity index (χ1n) is 5.44. The second-order valence-electron chi connectivity index (χ2n) is 3.94. The molecule has 1 amide bonds. The number of nitro benzene ring substituents is 1. The summed E-state index contributed by atoms with van der Waals surface area (Å²) in [5, 5.41) is 31.3. The van der Waals surface area contributed by atoms with Crippen molar-refractivity contribution in [2.24, 2.45) is 0 Å². The fourth-order valence-electron chi connectivity index (χ4n) is 1.35. The van der Waals surface area contributed by atoms with Crippen LogP contribution in [0.2, 0.25) is 0 Å². The summed E-state index contributed by atoms with van der Waals surface area (Å²) in [6, 6.07) is 3.54. The van der Waals surface area contributed by atoms with Gasteiger partial charge >= 0.3 is 5.97 Å². The summed E-state index contributed by atoms with van der Waals surface area (Å²) >= 11 is 0. The molecule has 0 radical (unpaired) electrons. The van der Waals surface area contributed by atoms with E-state index in [-0.39, 0.29) is 16.8 Å². The number of amides is 1. The molecular weight excluding hydrogens is 268 g/mol. The Kier molecular flexibility index (Phi) is 4.42. The first kappa shape index (κ1) is 15.2. The largest absolute Gasteiger partial charge is 0.505 e. The number of hydrogen-bond acceptors (Lipinski definition) is 5. The molecule has 0 saturated carbocycles. The molecule has 3 N–H and O–H groups in total. The molecule has 1 aromatic carbocycles. The van der Waals surface area contributed by atoms with E-state index in [2.05, 4.69) is 5.32 Å². The number of rotatable bonds is 4. The van der Waals surface area contributed by atoms with Gasteiger partial charge in [0.05, 0.1) is 4.92 Å². The van der Waals surface area contributed by atoms with Gasteiger partial charge < -0.3 is 15.5 Å². The number of nitrogens with zero attached hydrogens (tertiary/aromatic N) is 1. The van der Waals surface area contributed by atoms with Crippen molar-refractivity contribution in [1.82, 2.24) is 0 Å². The molecule has 0 bridgehead atoms. The van der Waals surface area contributed by atoms with Gasteiger partial charge in [-0.25, -0.2) is 4.79 Å². The molecule has 0 unspecified atom stereocenters. The molecule has 8 nitrogen and oxygen atoms in total. The summed E-state index contributed by atoms with van der Waals surface area (Å²) < 4.78 is 0. The number of anilines is 1. The molecule has 1 aromatic rings. The summed E-state index contributed by atoms with van der Waals surface area (Å²) in [5.74, 6) is -2.59. The minimum atomic E-state index is -1.27. The fraction of sp³-hybridized carbons (Fsp3) is 0.167. The topological polar surface area (TPSA) is 130 Å². The van der Waals surface area contributed by atoms with Crippen LogP contribution < -0.4 is 5.32 Å². The number of aliphatic carboxylic acids is 1. The SMILES string of the molecule is C/C(C(=O)O)=C(/C)C(=O)Nc1c(O)cccc1[N+](=O)[O-]. The number of hydrogen-bond donors (Lipinski definition) is 3. The van der Waals surface area contributed by atoms with Crippen molar-refractivity contribution in [2.45, 2.75) is 13.8 Å². The highest BCUT2D eigenvalue weighted by atomic mass is 16.6. The second-order valence-corrected chi connectivity index (χ2v) is 3.94. The van der Waals surface area contributed by atoms with E-state index in [1.165, 1.54) is 26.0 Å². The van der Waals surface area contributed by atoms with Crippen LogP contribution in [0.3, 0.4) is 0 Å². The van der Waals surface area contributed by atoms with E-state index in [0.29, 0.717) is 0 Å². The molecule has 8 heteroatoms. The predicted molar refractivity (Wildman–Crippen MR) is 69.4 cm³/mol. The van der Waals surface area contributed by atoms with Gasteiger partial charge in [0, 0.05) is 17.2 Å². The maximum Gasteiger partial charge on any atom is 0.331 e. The molecule has 0 aliphatic carbocycles.